The Morgan fingerprint density at radius 3 is 2.11 bits per heavy atom. The standard InChI is InChI=1S/C5H11NO2.ClH/c1-2-4(7)5(8)3-6;/h2,4-5,7-8H,1,3,6H2;1H/t4-,5+;/m1./s1. The van der Waals surface area contributed by atoms with Crippen molar-refractivity contribution in [1.82, 2.24) is 0 Å². The van der Waals surface area contributed by atoms with Gasteiger partial charge in [-0.1, -0.05) is 6.08 Å². The molecule has 9 heavy (non-hydrogen) atoms. The van der Waals surface area contributed by atoms with E-state index in [0.717, 1.165) is 0 Å². The minimum absolute atomic E-state index is 0. The molecule has 0 rings (SSSR count). The van der Waals surface area contributed by atoms with Gasteiger partial charge in [0.25, 0.3) is 0 Å². The minimum Gasteiger partial charge on any atom is -0.389 e. The average molecular weight is 154 g/mol. The first-order chi connectivity index (χ1) is 3.72. The summed E-state index contributed by atoms with van der Waals surface area (Å²) in [6.07, 6.45) is -0.509. The zero-order valence-electron chi connectivity index (χ0n) is 5.03. The number of hydrogen-bond acceptors (Lipinski definition) is 3. The molecule has 0 unspecified atom stereocenters. The highest BCUT2D eigenvalue weighted by molar-refractivity contribution is 5.85. The van der Waals surface area contributed by atoms with Gasteiger partial charge in [0.1, 0.15) is 0 Å². The van der Waals surface area contributed by atoms with E-state index < -0.39 is 12.2 Å². The van der Waals surface area contributed by atoms with Crippen molar-refractivity contribution in [3.05, 3.63) is 12.7 Å². The van der Waals surface area contributed by atoms with Crippen LogP contribution < -0.4 is 5.73 Å². The zero-order chi connectivity index (χ0) is 6.57. The summed E-state index contributed by atoms with van der Waals surface area (Å²) >= 11 is 0. The quantitative estimate of drug-likeness (QED) is 0.469. The second-order valence-corrected chi connectivity index (χ2v) is 1.53. The van der Waals surface area contributed by atoms with Crippen LogP contribution in [-0.2, 0) is 0 Å². The third-order valence-electron chi connectivity index (χ3n) is 0.877. The molecule has 0 saturated heterocycles. The summed E-state index contributed by atoms with van der Waals surface area (Å²) < 4.78 is 0. The Balaban J connectivity index is 0. The Kier molecular flexibility index (Phi) is 7.83. The van der Waals surface area contributed by atoms with E-state index in [1.165, 1.54) is 6.08 Å². The summed E-state index contributed by atoms with van der Waals surface area (Å²) in [5, 5.41) is 17.4. The highest BCUT2D eigenvalue weighted by atomic mass is 35.5. The first kappa shape index (κ1) is 11.7. The first-order valence-corrected chi connectivity index (χ1v) is 2.41. The third kappa shape index (κ3) is 4.42. The molecule has 0 aromatic rings. The van der Waals surface area contributed by atoms with Gasteiger partial charge >= 0.3 is 0 Å². The topological polar surface area (TPSA) is 66.5 Å². The average Bonchev–Trinajstić information content (AvgIpc) is 1.84. The van der Waals surface area contributed by atoms with Crippen molar-refractivity contribution in [2.75, 3.05) is 6.54 Å². The van der Waals surface area contributed by atoms with E-state index in [-0.39, 0.29) is 19.0 Å². The molecule has 0 aromatic carbocycles. The van der Waals surface area contributed by atoms with Gasteiger partial charge in [-0.15, -0.1) is 19.0 Å². The Labute approximate surface area is 60.6 Å². The maximum absolute atomic E-state index is 8.68. The SMILES string of the molecule is C=C[C@@H](O)[C@@H](O)CN.Cl. The van der Waals surface area contributed by atoms with Crippen LogP contribution in [0, 0.1) is 0 Å². The number of aliphatic hydroxyl groups is 2. The molecule has 4 N–H and O–H groups in total. The molecule has 0 bridgehead atoms. The number of halogens is 1. The highest BCUT2D eigenvalue weighted by Gasteiger charge is 2.08. The van der Waals surface area contributed by atoms with Crippen molar-refractivity contribution in [2.24, 2.45) is 5.73 Å². The van der Waals surface area contributed by atoms with Crippen LogP contribution >= 0.6 is 12.4 Å². The van der Waals surface area contributed by atoms with Crippen LogP contribution in [0.2, 0.25) is 0 Å². The van der Waals surface area contributed by atoms with Crippen molar-refractivity contribution < 1.29 is 10.2 Å². The van der Waals surface area contributed by atoms with Gasteiger partial charge in [-0.3, -0.25) is 0 Å². The smallest absolute Gasteiger partial charge is 0.0989 e. The predicted molar refractivity (Wildman–Crippen MR) is 38.5 cm³/mol. The second-order valence-electron chi connectivity index (χ2n) is 1.53. The Morgan fingerprint density at radius 2 is 2.00 bits per heavy atom. The summed E-state index contributed by atoms with van der Waals surface area (Å²) in [5.41, 5.74) is 4.99. The fourth-order valence-electron chi connectivity index (χ4n) is 0.297. The molecule has 0 amide bonds. The fourth-order valence-corrected chi connectivity index (χ4v) is 0.297. The summed E-state index contributed by atoms with van der Waals surface area (Å²) in [4.78, 5) is 0. The van der Waals surface area contributed by atoms with E-state index in [9.17, 15) is 0 Å². The maximum Gasteiger partial charge on any atom is 0.0989 e. The molecule has 4 heteroatoms. The second kappa shape index (κ2) is 6.04. The van der Waals surface area contributed by atoms with E-state index in [2.05, 4.69) is 6.58 Å². The molecule has 0 saturated carbocycles. The summed E-state index contributed by atoms with van der Waals surface area (Å²) in [6, 6.07) is 0. The van der Waals surface area contributed by atoms with Gasteiger partial charge in [0.2, 0.25) is 0 Å². The third-order valence-corrected chi connectivity index (χ3v) is 0.877. The molecule has 56 valence electrons. The van der Waals surface area contributed by atoms with Crippen molar-refractivity contribution >= 4 is 12.4 Å². The Morgan fingerprint density at radius 1 is 1.56 bits per heavy atom. The molecule has 3 nitrogen and oxygen atoms in total. The van der Waals surface area contributed by atoms with Crippen LogP contribution in [0.5, 0.6) is 0 Å². The molecule has 0 aliphatic rings. The molecule has 0 heterocycles. The van der Waals surface area contributed by atoms with Crippen LogP contribution in [0.1, 0.15) is 0 Å². The molecule has 0 aliphatic carbocycles. The fraction of sp³-hybridized carbons (Fsp3) is 0.600. The first-order valence-electron chi connectivity index (χ1n) is 2.41. The van der Waals surface area contributed by atoms with Gasteiger partial charge in [-0.2, -0.15) is 0 Å². The van der Waals surface area contributed by atoms with Crippen molar-refractivity contribution in [3.8, 4) is 0 Å². The number of rotatable bonds is 3. The lowest BCUT2D eigenvalue weighted by atomic mass is 10.2. The monoisotopic (exact) mass is 153 g/mol. The van der Waals surface area contributed by atoms with E-state index >= 15 is 0 Å². The van der Waals surface area contributed by atoms with Crippen LogP contribution in [0.4, 0.5) is 0 Å². The van der Waals surface area contributed by atoms with Gasteiger partial charge in [0.15, 0.2) is 0 Å². The summed E-state index contributed by atoms with van der Waals surface area (Å²) in [7, 11) is 0. The predicted octanol–water partition coefficient (Wildman–Crippen LogP) is -0.725. The van der Waals surface area contributed by atoms with Gasteiger partial charge in [-0.25, -0.2) is 0 Å². The molecule has 0 fully saturated rings. The minimum atomic E-state index is -0.889. The molecule has 0 aliphatic heterocycles. The lowest BCUT2D eigenvalue weighted by molar-refractivity contribution is 0.0552. The van der Waals surface area contributed by atoms with Crippen molar-refractivity contribution in [3.63, 3.8) is 0 Å². The number of aliphatic hydroxyl groups excluding tert-OH is 2. The summed E-state index contributed by atoms with van der Waals surface area (Å²) in [6.45, 7) is 3.33. The van der Waals surface area contributed by atoms with E-state index in [1.807, 2.05) is 0 Å². The number of nitrogens with two attached hydrogens (primary N) is 1. The highest BCUT2D eigenvalue weighted by Crippen LogP contribution is 1.89. The maximum atomic E-state index is 8.68. The van der Waals surface area contributed by atoms with E-state index in [1.54, 1.807) is 0 Å². The Hall–Kier alpha value is -0.0900. The lowest BCUT2D eigenvalue weighted by Crippen LogP contribution is -2.31. The molecular weight excluding hydrogens is 142 g/mol. The van der Waals surface area contributed by atoms with E-state index in [4.69, 9.17) is 15.9 Å². The number of hydrogen-bond donors (Lipinski definition) is 3. The Bertz CT molecular complexity index is 79.4. The molecular formula is C5H12ClNO2. The van der Waals surface area contributed by atoms with Crippen LogP contribution in [0.25, 0.3) is 0 Å². The normalized spacial score (nSPS) is 15.4. The zero-order valence-corrected chi connectivity index (χ0v) is 5.84. The van der Waals surface area contributed by atoms with Gasteiger partial charge in [-0.05, 0) is 0 Å². The van der Waals surface area contributed by atoms with Gasteiger partial charge < -0.3 is 15.9 Å². The van der Waals surface area contributed by atoms with Crippen LogP contribution in [0.3, 0.4) is 0 Å². The van der Waals surface area contributed by atoms with E-state index in [0.29, 0.717) is 0 Å². The lowest BCUT2D eigenvalue weighted by Gasteiger charge is -2.09. The molecule has 0 spiro atoms. The molecule has 2 atom stereocenters. The van der Waals surface area contributed by atoms with Gasteiger partial charge in [0.05, 0.1) is 12.2 Å². The van der Waals surface area contributed by atoms with Gasteiger partial charge in [0, 0.05) is 6.54 Å². The summed E-state index contributed by atoms with van der Waals surface area (Å²) in [5.74, 6) is 0. The largest absolute Gasteiger partial charge is 0.389 e. The van der Waals surface area contributed by atoms with Crippen LogP contribution in [0.15, 0.2) is 12.7 Å². The molecule has 0 aromatic heterocycles. The van der Waals surface area contributed by atoms with Crippen molar-refractivity contribution in [2.45, 2.75) is 12.2 Å². The van der Waals surface area contributed by atoms with Crippen LogP contribution in [-0.4, -0.2) is 29.0 Å². The van der Waals surface area contributed by atoms with Crippen molar-refractivity contribution in [1.29, 1.82) is 0 Å². The molecule has 0 radical (unpaired) electrons.